The zero-order valence-corrected chi connectivity index (χ0v) is 13.7. The summed E-state index contributed by atoms with van der Waals surface area (Å²) < 4.78 is 0. The number of nitrogens with one attached hydrogen (secondary N) is 2. The van der Waals surface area contributed by atoms with Gasteiger partial charge in [0.05, 0.1) is 12.2 Å². The summed E-state index contributed by atoms with van der Waals surface area (Å²) >= 11 is 0. The molecule has 1 aromatic heterocycles. The Kier molecular flexibility index (Phi) is 5.33. The van der Waals surface area contributed by atoms with Gasteiger partial charge < -0.3 is 10.2 Å². The highest BCUT2D eigenvalue weighted by Crippen LogP contribution is 2.30. The summed E-state index contributed by atoms with van der Waals surface area (Å²) in [7, 11) is 0. The Morgan fingerprint density at radius 3 is 2.87 bits per heavy atom. The second-order valence-corrected chi connectivity index (χ2v) is 6.55. The smallest absolute Gasteiger partial charge is 0.318 e. The van der Waals surface area contributed by atoms with E-state index >= 15 is 0 Å². The minimum atomic E-state index is 0.0815. The van der Waals surface area contributed by atoms with E-state index in [1.165, 1.54) is 6.42 Å². The number of rotatable bonds is 4. The monoisotopic (exact) mass is 317 g/mol. The van der Waals surface area contributed by atoms with E-state index < -0.39 is 0 Å². The molecule has 126 valence electrons. The number of aromatic amines is 1. The summed E-state index contributed by atoms with van der Waals surface area (Å²) in [6.45, 7) is 7.62. The molecule has 1 atom stereocenters. The number of urea groups is 1. The molecule has 23 heavy (non-hydrogen) atoms. The van der Waals surface area contributed by atoms with E-state index in [2.05, 4.69) is 27.0 Å². The first-order valence-electron chi connectivity index (χ1n) is 8.67. The number of aromatic nitrogens is 2. The van der Waals surface area contributed by atoms with Crippen LogP contribution in [0.4, 0.5) is 4.79 Å². The van der Waals surface area contributed by atoms with Crippen molar-refractivity contribution in [3.05, 3.63) is 30.6 Å². The second-order valence-electron chi connectivity index (χ2n) is 6.55. The van der Waals surface area contributed by atoms with Crippen LogP contribution in [-0.4, -0.2) is 58.2 Å². The van der Waals surface area contributed by atoms with E-state index in [0.29, 0.717) is 0 Å². The van der Waals surface area contributed by atoms with E-state index in [0.717, 1.165) is 57.4 Å². The van der Waals surface area contributed by atoms with Crippen molar-refractivity contribution in [1.29, 1.82) is 0 Å². The van der Waals surface area contributed by atoms with Crippen molar-refractivity contribution >= 4 is 6.03 Å². The average molecular weight is 317 g/mol. The molecule has 0 aliphatic carbocycles. The standard InChI is InChI=1S/C17H27N5O/c1-2-8-21-10-6-15(7-11-21)20-17(23)22-9-4-3-5-16(22)14-12-18-19-13-14/h2,12-13,15-16H,1,3-11H2,(H,18,19)(H,20,23)/t16-/m1/s1. The fourth-order valence-electron chi connectivity index (χ4n) is 3.66. The topological polar surface area (TPSA) is 64.3 Å². The molecule has 3 heterocycles. The van der Waals surface area contributed by atoms with Crippen molar-refractivity contribution in [3.63, 3.8) is 0 Å². The number of H-pyrrole nitrogens is 1. The lowest BCUT2D eigenvalue weighted by Gasteiger charge is -2.38. The highest BCUT2D eigenvalue weighted by Gasteiger charge is 2.30. The number of piperidine rings is 2. The van der Waals surface area contributed by atoms with Crippen molar-refractivity contribution in [2.75, 3.05) is 26.2 Å². The molecule has 1 aromatic rings. The second kappa shape index (κ2) is 7.64. The van der Waals surface area contributed by atoms with Gasteiger partial charge in [-0.1, -0.05) is 6.08 Å². The molecule has 2 N–H and O–H groups in total. The lowest BCUT2D eigenvalue weighted by Crippen LogP contribution is -2.51. The molecular weight excluding hydrogens is 290 g/mol. The van der Waals surface area contributed by atoms with Crippen LogP contribution in [0.3, 0.4) is 0 Å². The molecule has 6 nitrogen and oxygen atoms in total. The number of amides is 2. The van der Waals surface area contributed by atoms with Crippen molar-refractivity contribution < 1.29 is 4.79 Å². The van der Waals surface area contributed by atoms with Crippen molar-refractivity contribution in [1.82, 2.24) is 25.3 Å². The van der Waals surface area contributed by atoms with E-state index in [1.807, 2.05) is 23.4 Å². The predicted molar refractivity (Wildman–Crippen MR) is 90.1 cm³/mol. The van der Waals surface area contributed by atoms with Gasteiger partial charge in [-0.3, -0.25) is 10.00 Å². The highest BCUT2D eigenvalue weighted by atomic mass is 16.2. The number of likely N-dealkylation sites (tertiary alicyclic amines) is 2. The molecule has 0 unspecified atom stereocenters. The van der Waals surface area contributed by atoms with Crippen LogP contribution in [0.2, 0.25) is 0 Å². The number of carbonyl (C=O) groups is 1. The molecule has 2 aliphatic heterocycles. The van der Waals surface area contributed by atoms with Crippen LogP contribution in [-0.2, 0) is 0 Å². The maximum Gasteiger partial charge on any atom is 0.318 e. The first-order chi connectivity index (χ1) is 11.3. The van der Waals surface area contributed by atoms with Gasteiger partial charge in [-0.2, -0.15) is 5.10 Å². The first kappa shape index (κ1) is 16.1. The molecule has 0 bridgehead atoms. The molecule has 6 heteroatoms. The van der Waals surface area contributed by atoms with Gasteiger partial charge in [0.15, 0.2) is 0 Å². The third kappa shape index (κ3) is 3.93. The van der Waals surface area contributed by atoms with Crippen LogP contribution in [0.25, 0.3) is 0 Å². The predicted octanol–water partition coefficient (Wildman–Crippen LogP) is 2.30. The fraction of sp³-hybridized carbons (Fsp3) is 0.647. The summed E-state index contributed by atoms with van der Waals surface area (Å²) in [5, 5.41) is 10.1. The van der Waals surface area contributed by atoms with Crippen LogP contribution in [0.5, 0.6) is 0 Å². The number of hydrogen-bond donors (Lipinski definition) is 2. The minimum Gasteiger partial charge on any atom is -0.335 e. The first-order valence-corrected chi connectivity index (χ1v) is 8.67. The molecule has 2 aliphatic rings. The largest absolute Gasteiger partial charge is 0.335 e. The van der Waals surface area contributed by atoms with E-state index in [4.69, 9.17) is 0 Å². The Hall–Kier alpha value is -1.82. The quantitative estimate of drug-likeness (QED) is 0.838. The Morgan fingerprint density at radius 2 is 2.17 bits per heavy atom. The van der Waals surface area contributed by atoms with Crippen molar-refractivity contribution in [3.8, 4) is 0 Å². The van der Waals surface area contributed by atoms with Gasteiger partial charge in [-0.05, 0) is 32.1 Å². The lowest BCUT2D eigenvalue weighted by atomic mass is 9.98. The summed E-state index contributed by atoms with van der Waals surface area (Å²) in [6, 6.07) is 0.525. The molecule has 0 spiro atoms. The molecular formula is C17H27N5O. The van der Waals surface area contributed by atoms with Gasteiger partial charge in [0.2, 0.25) is 0 Å². The van der Waals surface area contributed by atoms with E-state index in [-0.39, 0.29) is 18.1 Å². The molecule has 2 saturated heterocycles. The Balaban J connectivity index is 1.55. The Bertz CT molecular complexity index is 507. The summed E-state index contributed by atoms with van der Waals surface area (Å²) in [6.07, 6.45) is 11.0. The van der Waals surface area contributed by atoms with Gasteiger partial charge in [-0.25, -0.2) is 4.79 Å². The normalized spacial score (nSPS) is 23.7. The highest BCUT2D eigenvalue weighted by molar-refractivity contribution is 5.75. The molecule has 0 saturated carbocycles. The molecule has 2 fully saturated rings. The van der Waals surface area contributed by atoms with Crippen LogP contribution in [0, 0.1) is 0 Å². The number of hydrogen-bond acceptors (Lipinski definition) is 3. The fourth-order valence-corrected chi connectivity index (χ4v) is 3.66. The SMILES string of the molecule is C=CCN1CCC(NC(=O)N2CCCC[C@@H]2c2cn[nH]c2)CC1. The van der Waals surface area contributed by atoms with Crippen LogP contribution in [0.1, 0.15) is 43.7 Å². The number of carbonyl (C=O) groups excluding carboxylic acids is 1. The molecule has 3 rings (SSSR count). The van der Waals surface area contributed by atoms with Gasteiger partial charge in [-0.15, -0.1) is 6.58 Å². The molecule has 0 radical (unpaired) electrons. The van der Waals surface area contributed by atoms with Crippen LogP contribution in [0.15, 0.2) is 25.0 Å². The Morgan fingerprint density at radius 1 is 1.35 bits per heavy atom. The van der Waals surface area contributed by atoms with Crippen LogP contribution < -0.4 is 5.32 Å². The third-order valence-corrected chi connectivity index (χ3v) is 4.97. The van der Waals surface area contributed by atoms with Gasteiger partial charge in [0, 0.05) is 44.0 Å². The molecule has 2 amide bonds. The zero-order chi connectivity index (χ0) is 16.1. The maximum absolute atomic E-state index is 12.7. The zero-order valence-electron chi connectivity index (χ0n) is 13.7. The maximum atomic E-state index is 12.7. The van der Waals surface area contributed by atoms with Gasteiger partial charge in [0.1, 0.15) is 0 Å². The van der Waals surface area contributed by atoms with Gasteiger partial charge in [0.25, 0.3) is 0 Å². The number of nitrogens with zero attached hydrogens (tertiary/aromatic N) is 3. The van der Waals surface area contributed by atoms with E-state index in [9.17, 15) is 4.79 Å². The summed E-state index contributed by atoms with van der Waals surface area (Å²) in [5.74, 6) is 0. The van der Waals surface area contributed by atoms with Crippen molar-refractivity contribution in [2.45, 2.75) is 44.2 Å². The lowest BCUT2D eigenvalue weighted by molar-refractivity contribution is 0.141. The van der Waals surface area contributed by atoms with Gasteiger partial charge >= 0.3 is 6.03 Å². The average Bonchev–Trinajstić information content (AvgIpc) is 3.11. The summed E-state index contributed by atoms with van der Waals surface area (Å²) in [5.41, 5.74) is 1.11. The van der Waals surface area contributed by atoms with Crippen molar-refractivity contribution in [2.24, 2.45) is 0 Å². The minimum absolute atomic E-state index is 0.0815. The van der Waals surface area contributed by atoms with E-state index in [1.54, 1.807) is 0 Å². The van der Waals surface area contributed by atoms with Crippen LogP contribution >= 0.6 is 0 Å². The Labute approximate surface area is 137 Å². The molecule has 0 aromatic carbocycles. The summed E-state index contributed by atoms with van der Waals surface area (Å²) in [4.78, 5) is 17.1. The third-order valence-electron chi connectivity index (χ3n) is 4.97.